The van der Waals surface area contributed by atoms with E-state index < -0.39 is 11.9 Å². The van der Waals surface area contributed by atoms with Gasteiger partial charge < -0.3 is 20.0 Å². The second-order valence-electron chi connectivity index (χ2n) is 7.17. The maximum atomic E-state index is 9.10. The summed E-state index contributed by atoms with van der Waals surface area (Å²) < 4.78 is 0. The molecule has 0 aromatic heterocycles. The zero-order valence-corrected chi connectivity index (χ0v) is 20.4. The van der Waals surface area contributed by atoms with Crippen molar-refractivity contribution >= 4 is 40.2 Å². The first-order chi connectivity index (χ1) is 16.4. The third-order valence-corrected chi connectivity index (χ3v) is 5.88. The molecule has 2 N–H and O–H groups in total. The Morgan fingerprint density at radius 2 is 1.53 bits per heavy atom. The van der Waals surface area contributed by atoms with Crippen LogP contribution in [0.5, 0.6) is 0 Å². The van der Waals surface area contributed by atoms with Gasteiger partial charge in [-0.2, -0.15) is 0 Å². The summed E-state index contributed by atoms with van der Waals surface area (Å²) in [6.07, 6.45) is 2.09. The van der Waals surface area contributed by atoms with Crippen molar-refractivity contribution in [3.63, 3.8) is 0 Å². The molecule has 3 rings (SSSR count). The fourth-order valence-electron chi connectivity index (χ4n) is 3.26. The summed E-state index contributed by atoms with van der Waals surface area (Å²) in [5.74, 6) is -3.65. The number of rotatable bonds is 9. The Morgan fingerprint density at radius 3 is 2.12 bits per heavy atom. The molecule has 3 aromatic rings. The van der Waals surface area contributed by atoms with Crippen LogP contribution in [-0.2, 0) is 14.4 Å². The first-order valence-corrected chi connectivity index (χ1v) is 12.1. The van der Waals surface area contributed by atoms with E-state index in [1.165, 1.54) is 15.7 Å². The number of oxime groups is 1. The van der Waals surface area contributed by atoms with Gasteiger partial charge in [-0.3, -0.25) is 0 Å². The van der Waals surface area contributed by atoms with Gasteiger partial charge in [-0.1, -0.05) is 73.6 Å². The number of carboxylic acid groups (broad SMARTS) is 2. The van der Waals surface area contributed by atoms with Crippen molar-refractivity contribution in [1.29, 1.82) is 0 Å². The van der Waals surface area contributed by atoms with E-state index in [-0.39, 0.29) is 0 Å². The van der Waals surface area contributed by atoms with Crippen LogP contribution in [0.25, 0.3) is 10.8 Å². The summed E-state index contributed by atoms with van der Waals surface area (Å²) in [4.78, 5) is 27.6. The van der Waals surface area contributed by atoms with Gasteiger partial charge in [-0.05, 0) is 42.3 Å². The maximum Gasteiger partial charge on any atom is 0.414 e. The Labute approximate surface area is 204 Å². The Morgan fingerprint density at radius 1 is 0.912 bits per heavy atom. The third-order valence-electron chi connectivity index (χ3n) is 5.14. The first kappa shape index (κ1) is 26.9. The molecule has 0 unspecified atom stereocenters. The summed E-state index contributed by atoms with van der Waals surface area (Å²) in [6.45, 7) is 7.85. The van der Waals surface area contributed by atoms with Gasteiger partial charge >= 0.3 is 11.9 Å². The van der Waals surface area contributed by atoms with Crippen molar-refractivity contribution in [3.8, 4) is 0 Å². The highest BCUT2D eigenvalue weighted by atomic mass is 32.2. The maximum absolute atomic E-state index is 9.10. The number of aliphatic carboxylic acids is 2. The molecule has 0 aliphatic heterocycles. The minimum Gasteiger partial charge on any atom is -0.473 e. The molecule has 0 aliphatic rings. The fraction of sp³-hybridized carbons (Fsp3) is 0.269. The van der Waals surface area contributed by atoms with Crippen molar-refractivity contribution < 1.29 is 24.6 Å². The normalized spacial score (nSPS) is 11.1. The molecule has 0 fully saturated rings. The summed E-state index contributed by atoms with van der Waals surface area (Å²) in [5.41, 5.74) is 3.04. The van der Waals surface area contributed by atoms with E-state index in [1.54, 1.807) is 11.8 Å². The molecule has 7 nitrogen and oxygen atoms in total. The monoisotopic (exact) mass is 482 g/mol. The third kappa shape index (κ3) is 7.90. The molecule has 3 aromatic carbocycles. The van der Waals surface area contributed by atoms with Gasteiger partial charge in [0.25, 0.3) is 0 Å². The molecule has 0 atom stereocenters. The van der Waals surface area contributed by atoms with Gasteiger partial charge in [0, 0.05) is 22.6 Å². The van der Waals surface area contributed by atoms with Gasteiger partial charge in [0.15, 0.2) is 0 Å². The van der Waals surface area contributed by atoms with Gasteiger partial charge in [0.1, 0.15) is 12.3 Å². The molecular formula is C26H30N2O5S. The minimum atomic E-state index is -1.82. The van der Waals surface area contributed by atoms with Crippen molar-refractivity contribution in [2.75, 3.05) is 32.5 Å². The lowest BCUT2D eigenvalue weighted by Crippen LogP contribution is -2.26. The Bertz CT molecular complexity index is 1090. The van der Waals surface area contributed by atoms with Crippen molar-refractivity contribution in [2.45, 2.75) is 18.7 Å². The number of hydrogen-bond donors (Lipinski definition) is 2. The molecule has 0 saturated carbocycles. The number of likely N-dealkylation sites (N-methyl/N-ethyl adjacent to an activating group) is 1. The van der Waals surface area contributed by atoms with E-state index in [0.717, 1.165) is 36.5 Å². The predicted molar refractivity (Wildman–Crippen MR) is 137 cm³/mol. The van der Waals surface area contributed by atoms with Gasteiger partial charge in [-0.25, -0.2) is 9.59 Å². The number of hydrogen-bond acceptors (Lipinski definition) is 6. The van der Waals surface area contributed by atoms with E-state index in [9.17, 15) is 0 Å². The molecule has 0 saturated heterocycles. The van der Waals surface area contributed by atoms with Crippen LogP contribution in [0.1, 0.15) is 25.0 Å². The average molecular weight is 483 g/mol. The van der Waals surface area contributed by atoms with Crippen LogP contribution in [-0.4, -0.2) is 65.3 Å². The number of carbonyl (C=O) groups is 2. The van der Waals surface area contributed by atoms with Crippen LogP contribution < -0.4 is 0 Å². The molecule has 0 radical (unpaired) electrons. The summed E-state index contributed by atoms with van der Waals surface area (Å²) >= 11 is 1.74. The molecular weight excluding hydrogens is 452 g/mol. The molecule has 0 spiro atoms. The number of benzene rings is 3. The smallest absolute Gasteiger partial charge is 0.414 e. The van der Waals surface area contributed by atoms with E-state index >= 15 is 0 Å². The lowest BCUT2D eigenvalue weighted by Gasteiger charge is -2.17. The highest BCUT2D eigenvalue weighted by Gasteiger charge is 2.12. The number of carboxylic acids is 2. The predicted octanol–water partition coefficient (Wildman–Crippen LogP) is 4.83. The first-order valence-electron chi connectivity index (χ1n) is 10.9. The highest BCUT2D eigenvalue weighted by Crippen LogP contribution is 2.23. The van der Waals surface area contributed by atoms with E-state index in [4.69, 9.17) is 24.6 Å². The SMILES string of the molecule is CCN(CC)CCO/N=C(\c1ccc(SC)cc1)c1cccc2ccccc12.O=C(O)C(=O)O. The molecule has 0 aliphatic carbocycles. The second kappa shape index (κ2) is 14.0. The average Bonchev–Trinajstić information content (AvgIpc) is 2.86. The van der Waals surface area contributed by atoms with Crippen LogP contribution in [0.4, 0.5) is 0 Å². The second-order valence-corrected chi connectivity index (χ2v) is 8.05. The van der Waals surface area contributed by atoms with E-state index in [1.807, 2.05) is 0 Å². The quantitative estimate of drug-likeness (QED) is 0.148. The van der Waals surface area contributed by atoms with Gasteiger partial charge in [0.2, 0.25) is 0 Å². The zero-order chi connectivity index (χ0) is 24.9. The molecule has 8 heteroatoms. The Balaban J connectivity index is 0.000000604. The van der Waals surface area contributed by atoms with Crippen LogP contribution in [0, 0.1) is 0 Å². The van der Waals surface area contributed by atoms with Crippen molar-refractivity contribution in [2.24, 2.45) is 5.16 Å². The zero-order valence-electron chi connectivity index (χ0n) is 19.6. The summed E-state index contributed by atoms with van der Waals surface area (Å²) in [7, 11) is 0. The number of nitrogens with zero attached hydrogens (tertiary/aromatic N) is 2. The van der Waals surface area contributed by atoms with Crippen molar-refractivity contribution in [1.82, 2.24) is 4.90 Å². The van der Waals surface area contributed by atoms with Crippen LogP contribution in [0.3, 0.4) is 0 Å². The van der Waals surface area contributed by atoms with E-state index in [2.05, 4.69) is 96.9 Å². The molecule has 0 amide bonds. The largest absolute Gasteiger partial charge is 0.473 e. The molecule has 0 bridgehead atoms. The number of fused-ring (bicyclic) bond motifs is 1. The lowest BCUT2D eigenvalue weighted by molar-refractivity contribution is -0.159. The summed E-state index contributed by atoms with van der Waals surface area (Å²) in [6, 6.07) is 23.3. The number of thioether (sulfide) groups is 1. The Hall–Kier alpha value is -3.36. The van der Waals surface area contributed by atoms with Crippen LogP contribution >= 0.6 is 11.8 Å². The fourth-order valence-corrected chi connectivity index (χ4v) is 3.67. The Kier molecular flexibility index (Phi) is 11.1. The topological polar surface area (TPSA) is 99.4 Å². The van der Waals surface area contributed by atoms with Gasteiger partial charge in [-0.15, -0.1) is 11.8 Å². The molecule has 180 valence electrons. The molecule has 0 heterocycles. The van der Waals surface area contributed by atoms with E-state index in [0.29, 0.717) is 6.61 Å². The lowest BCUT2D eigenvalue weighted by atomic mass is 9.97. The van der Waals surface area contributed by atoms with Gasteiger partial charge in [0.05, 0.1) is 0 Å². The summed E-state index contributed by atoms with van der Waals surface area (Å²) in [5, 5.41) is 21.8. The molecule has 34 heavy (non-hydrogen) atoms. The standard InChI is InChI=1S/C24H28N2OS.C2H2O4/c1-4-26(5-2)17-18-27-25-24(20-13-15-21(28-3)16-14-20)23-12-8-10-19-9-6-7-11-22(19)23;3-1(4)2(5)6/h6-16H,4-5,17-18H2,1-3H3;(H,3,4)(H,5,6)/b25-24+;. The van der Waals surface area contributed by atoms with Crippen LogP contribution in [0.2, 0.25) is 0 Å². The van der Waals surface area contributed by atoms with Crippen LogP contribution in [0.15, 0.2) is 76.8 Å². The van der Waals surface area contributed by atoms with Crippen molar-refractivity contribution in [3.05, 3.63) is 77.9 Å². The minimum absolute atomic E-state index is 0.582. The highest BCUT2D eigenvalue weighted by molar-refractivity contribution is 7.98.